The zero-order valence-electron chi connectivity index (χ0n) is 40.0. The number of Topliss-reactive ketones (excluding diaryl/α,β-unsaturated/α-hetero) is 5. The van der Waals surface area contributed by atoms with Crippen LogP contribution in [0.3, 0.4) is 0 Å². The number of aliphatic hydroxyl groups is 2. The summed E-state index contributed by atoms with van der Waals surface area (Å²) in [4.78, 5) is 143. The number of unbranched alkanes of at least 4 members (excludes halogenated alkanes) is 1. The summed E-state index contributed by atoms with van der Waals surface area (Å²) in [6, 6.07) is -3.57. The van der Waals surface area contributed by atoms with Crippen LogP contribution in [0.2, 0.25) is 0 Å². The largest absolute Gasteiger partial charge is 0.481 e. The van der Waals surface area contributed by atoms with Gasteiger partial charge in [0.1, 0.15) is 5.78 Å². The number of nitrogens with zero attached hydrogens (tertiary/aromatic N) is 1. The van der Waals surface area contributed by atoms with Crippen LogP contribution in [0, 0.1) is 29.6 Å². The molecule has 67 heavy (non-hydrogen) atoms. The first-order valence-corrected chi connectivity index (χ1v) is 23.8. The number of carbonyl (C=O) groups is 11. The molecule has 5 amide bonds. The van der Waals surface area contributed by atoms with Crippen LogP contribution < -0.4 is 27.0 Å². The van der Waals surface area contributed by atoms with Crippen molar-refractivity contribution < 1.29 is 68.1 Å². The summed E-state index contributed by atoms with van der Waals surface area (Å²) >= 11 is 0. The molecule has 0 aromatic heterocycles. The van der Waals surface area contributed by atoms with E-state index in [1.54, 1.807) is 0 Å². The van der Waals surface area contributed by atoms with Crippen molar-refractivity contribution in [3.05, 3.63) is 0 Å². The highest BCUT2D eigenvalue weighted by atomic mass is 16.4. The number of carbonyl (C=O) groups excluding carboxylic acids is 10. The molecule has 20 nitrogen and oxygen atoms in total. The van der Waals surface area contributed by atoms with Gasteiger partial charge in [-0.2, -0.15) is 0 Å². The van der Waals surface area contributed by atoms with Gasteiger partial charge in [-0.25, -0.2) is 0 Å². The van der Waals surface area contributed by atoms with Crippen LogP contribution in [-0.4, -0.2) is 141 Å². The molecular formula is C47H76N6O14. The van der Waals surface area contributed by atoms with E-state index in [1.165, 1.54) is 11.8 Å². The van der Waals surface area contributed by atoms with Crippen LogP contribution in [0.5, 0.6) is 0 Å². The van der Waals surface area contributed by atoms with E-state index >= 15 is 0 Å². The Bertz CT molecular complexity index is 1750. The average molecular weight is 949 g/mol. The maximum atomic E-state index is 13.6. The van der Waals surface area contributed by atoms with Gasteiger partial charge in [-0.1, -0.05) is 34.1 Å². The number of carboxylic acids is 1. The third-order valence-electron chi connectivity index (χ3n) is 12.3. The fourth-order valence-corrected chi connectivity index (χ4v) is 8.60. The molecule has 0 radical (unpaired) electrons. The monoisotopic (exact) mass is 949 g/mol. The van der Waals surface area contributed by atoms with Crippen LogP contribution in [0.4, 0.5) is 0 Å². The molecule has 0 aliphatic carbocycles. The Balaban J connectivity index is 1.98. The van der Waals surface area contributed by atoms with E-state index in [0.717, 1.165) is 0 Å². The molecule has 0 unspecified atom stereocenters. The predicted octanol–water partition coefficient (Wildman–Crippen LogP) is 0.836. The number of likely N-dealkylation sites (tertiary alicyclic amines) is 1. The second-order valence-electron chi connectivity index (χ2n) is 19.1. The highest BCUT2D eigenvalue weighted by molar-refractivity contribution is 5.97. The number of primary amides is 1. The fourth-order valence-electron chi connectivity index (χ4n) is 8.60. The van der Waals surface area contributed by atoms with E-state index < -0.39 is 107 Å². The molecular weight excluding hydrogens is 873 g/mol. The Morgan fingerprint density at radius 2 is 1.39 bits per heavy atom. The zero-order valence-corrected chi connectivity index (χ0v) is 40.0. The molecule has 0 aromatic carbocycles. The van der Waals surface area contributed by atoms with Gasteiger partial charge in [-0.15, -0.1) is 0 Å². The SMILES string of the molecule is CC(C)C[C@H](CC(=O)[C@H](CCC(N)=O)NC(=O)CCC(=O)[C@@H]1C[C@@H](O)CN1)C(=O)NCC(=O)C[C@@H](CC(C)C)C(=O)N[C@@H](C)C(=O)CCC(=O)N1CCC[C@H]1C(=O)C[C@@H](CCCCO)C(=O)O. The number of rotatable bonds is 34. The van der Waals surface area contributed by atoms with Crippen molar-refractivity contribution in [1.82, 2.24) is 26.2 Å². The average Bonchev–Trinajstić information content (AvgIpc) is 3.93. The highest BCUT2D eigenvalue weighted by Gasteiger charge is 2.37. The molecule has 2 aliphatic heterocycles. The number of carboxylic acid groups (broad SMARTS) is 1. The number of nitrogens with one attached hydrogen (secondary N) is 4. The van der Waals surface area contributed by atoms with Gasteiger partial charge < -0.3 is 47.2 Å². The molecule has 0 bridgehead atoms. The molecule has 9 N–H and O–H groups in total. The smallest absolute Gasteiger partial charge is 0.306 e. The van der Waals surface area contributed by atoms with Crippen molar-refractivity contribution >= 4 is 64.4 Å². The van der Waals surface area contributed by atoms with Gasteiger partial charge in [-0.05, 0) is 70.1 Å². The number of ketones is 5. The van der Waals surface area contributed by atoms with Gasteiger partial charge in [0.05, 0.1) is 42.7 Å². The number of nitrogens with two attached hydrogens (primary N) is 1. The Kier molecular flexibility index (Phi) is 25.8. The molecule has 2 saturated heterocycles. The lowest BCUT2D eigenvalue weighted by molar-refractivity contribution is -0.145. The van der Waals surface area contributed by atoms with Gasteiger partial charge in [0.2, 0.25) is 29.5 Å². The molecule has 0 saturated carbocycles. The first-order chi connectivity index (χ1) is 31.5. The summed E-state index contributed by atoms with van der Waals surface area (Å²) in [6.07, 6.45) is 0.0361. The molecule has 2 aliphatic rings. The van der Waals surface area contributed by atoms with Crippen molar-refractivity contribution in [2.45, 2.75) is 174 Å². The van der Waals surface area contributed by atoms with E-state index in [4.69, 9.17) is 10.8 Å². The van der Waals surface area contributed by atoms with Gasteiger partial charge in [-0.3, -0.25) is 52.7 Å². The Hall–Kier alpha value is -4.95. The minimum atomic E-state index is -1.18. The molecule has 0 spiro atoms. The number of aliphatic hydroxyl groups excluding tert-OH is 2. The maximum absolute atomic E-state index is 13.6. The Labute approximate surface area is 393 Å². The van der Waals surface area contributed by atoms with E-state index in [2.05, 4.69) is 21.3 Å². The number of hydrogen-bond donors (Lipinski definition) is 8. The Morgan fingerprint density at radius 3 is 1.97 bits per heavy atom. The summed E-state index contributed by atoms with van der Waals surface area (Å²) in [5, 5.41) is 39.0. The number of β-amino-alcohol motifs (C(OH)–C–C–N with tert-alkyl or cyclic N) is 1. The normalized spacial score (nSPS) is 19.2. The number of amides is 5. The maximum Gasteiger partial charge on any atom is 0.306 e. The second-order valence-corrected chi connectivity index (χ2v) is 19.1. The van der Waals surface area contributed by atoms with E-state index in [1.807, 2.05) is 27.7 Å². The molecule has 2 rings (SSSR count). The van der Waals surface area contributed by atoms with Crippen LogP contribution in [-0.2, 0) is 52.7 Å². The van der Waals surface area contributed by atoms with Crippen LogP contribution in [0.1, 0.15) is 144 Å². The molecule has 2 heterocycles. The topological polar surface area (TPSA) is 326 Å². The Morgan fingerprint density at radius 1 is 0.731 bits per heavy atom. The zero-order chi connectivity index (χ0) is 50.4. The third-order valence-corrected chi connectivity index (χ3v) is 12.3. The lowest BCUT2D eigenvalue weighted by atomic mass is 9.88. The minimum absolute atomic E-state index is 0.0348. The van der Waals surface area contributed by atoms with Gasteiger partial charge in [0.15, 0.2) is 23.1 Å². The summed E-state index contributed by atoms with van der Waals surface area (Å²) in [5.74, 6) is -8.96. The minimum Gasteiger partial charge on any atom is -0.481 e. The molecule has 0 aromatic rings. The third kappa shape index (κ3) is 21.7. The van der Waals surface area contributed by atoms with Gasteiger partial charge >= 0.3 is 5.97 Å². The van der Waals surface area contributed by atoms with E-state index in [9.17, 15) is 63.0 Å². The van der Waals surface area contributed by atoms with Crippen LogP contribution in [0.25, 0.3) is 0 Å². The van der Waals surface area contributed by atoms with Crippen molar-refractivity contribution in [3.8, 4) is 0 Å². The van der Waals surface area contributed by atoms with Crippen molar-refractivity contribution in [3.63, 3.8) is 0 Å². The quantitative estimate of drug-likeness (QED) is 0.0415. The van der Waals surface area contributed by atoms with Gasteiger partial charge in [0, 0.05) is 82.9 Å². The molecule has 378 valence electrons. The lowest BCUT2D eigenvalue weighted by Gasteiger charge is -2.25. The van der Waals surface area contributed by atoms with Crippen LogP contribution >= 0.6 is 0 Å². The number of hydrogen-bond acceptors (Lipinski definition) is 14. The lowest BCUT2D eigenvalue weighted by Crippen LogP contribution is -2.45. The van der Waals surface area contributed by atoms with Crippen molar-refractivity contribution in [2.24, 2.45) is 35.3 Å². The fraction of sp³-hybridized carbons (Fsp3) is 0.766. The molecule has 20 heteroatoms. The van der Waals surface area contributed by atoms with E-state index in [0.29, 0.717) is 25.7 Å². The van der Waals surface area contributed by atoms with Crippen LogP contribution in [0.15, 0.2) is 0 Å². The highest BCUT2D eigenvalue weighted by Crippen LogP contribution is 2.25. The summed E-state index contributed by atoms with van der Waals surface area (Å²) in [5.41, 5.74) is 5.32. The standard InChI is InChI=1S/C47H76N6O14/c1-27(2)19-31(46(65)51-29(5)38(57)13-16-44(63)53-17-8-10-37(53)41(60)22-30(47(66)67)9-6-7-18-54)21-33(55)26-50-45(64)32(20-28(3)4)23-40(59)35(11-14-42(48)61)52-43(62)15-12-39(58)36-24-34(56)25-49-36/h27-32,34-37,49,54,56H,6-26H2,1-5H3,(H2,48,61)(H,50,64)(H,51,65)(H,52,62)(H,66,67)/t29-,30+,31+,32+,34+,35-,36-,37-/m0/s1. The van der Waals surface area contributed by atoms with Crippen molar-refractivity contribution in [1.29, 1.82) is 0 Å². The molecule has 2 fully saturated rings. The first-order valence-electron chi connectivity index (χ1n) is 23.8. The second kappa shape index (κ2) is 29.7. The van der Waals surface area contributed by atoms with Gasteiger partial charge in [0.25, 0.3) is 0 Å². The summed E-state index contributed by atoms with van der Waals surface area (Å²) in [7, 11) is 0. The molecule has 8 atom stereocenters. The first kappa shape index (κ1) is 58.2. The number of aliphatic carboxylic acids is 1. The predicted molar refractivity (Wildman–Crippen MR) is 243 cm³/mol. The van der Waals surface area contributed by atoms with Crippen molar-refractivity contribution in [2.75, 3.05) is 26.2 Å². The summed E-state index contributed by atoms with van der Waals surface area (Å²) in [6.45, 7) is 8.87. The van der Waals surface area contributed by atoms with E-state index in [-0.39, 0.29) is 127 Å². The summed E-state index contributed by atoms with van der Waals surface area (Å²) < 4.78 is 0.